The molecule has 0 aromatic heterocycles. The van der Waals surface area contributed by atoms with E-state index in [2.05, 4.69) is 18.7 Å². The van der Waals surface area contributed by atoms with Gasteiger partial charge in [0.05, 0.1) is 14.2 Å². The largest absolute Gasteiger partial charge is 0.493 e. The van der Waals surface area contributed by atoms with Crippen molar-refractivity contribution < 1.29 is 19.3 Å². The molecular formula is C21H29NO4. The van der Waals surface area contributed by atoms with Gasteiger partial charge in [-0.2, -0.15) is 0 Å². The molecule has 142 valence electrons. The monoisotopic (exact) mass is 359 g/mol. The summed E-state index contributed by atoms with van der Waals surface area (Å²) in [5.41, 5.74) is 1.10. The minimum Gasteiger partial charge on any atom is -0.493 e. The first-order valence-electron chi connectivity index (χ1n) is 8.84. The third-order valence-corrected chi connectivity index (χ3v) is 4.19. The van der Waals surface area contributed by atoms with E-state index in [0.29, 0.717) is 24.6 Å². The van der Waals surface area contributed by atoms with Gasteiger partial charge in [-0.15, -0.1) is 0 Å². The van der Waals surface area contributed by atoms with E-state index >= 15 is 0 Å². The third kappa shape index (κ3) is 5.93. The summed E-state index contributed by atoms with van der Waals surface area (Å²) in [5, 5.41) is 10.4. The summed E-state index contributed by atoms with van der Waals surface area (Å²) >= 11 is 0. The predicted molar refractivity (Wildman–Crippen MR) is 103 cm³/mol. The van der Waals surface area contributed by atoms with Crippen LogP contribution in [0.4, 0.5) is 0 Å². The zero-order chi connectivity index (χ0) is 18.9. The number of nitrogens with zero attached hydrogens (tertiary/aromatic N) is 1. The Balaban J connectivity index is 1.95. The van der Waals surface area contributed by atoms with Gasteiger partial charge in [0, 0.05) is 19.1 Å². The van der Waals surface area contributed by atoms with Crippen LogP contribution in [0.3, 0.4) is 0 Å². The Labute approximate surface area is 156 Å². The molecule has 0 heterocycles. The van der Waals surface area contributed by atoms with Crippen molar-refractivity contribution in [3.05, 3.63) is 54.1 Å². The molecule has 0 saturated heterocycles. The number of hydrogen-bond acceptors (Lipinski definition) is 5. The SMILES string of the molecule is COc1ccc(CN(C[C@H](O)COc2ccccc2)C(C)C)cc1OC. The van der Waals surface area contributed by atoms with E-state index in [1.807, 2.05) is 48.5 Å². The van der Waals surface area contributed by atoms with Crippen LogP contribution in [0.5, 0.6) is 17.2 Å². The smallest absolute Gasteiger partial charge is 0.161 e. The molecule has 0 fully saturated rings. The minimum atomic E-state index is -0.572. The number of ether oxygens (including phenoxy) is 3. The predicted octanol–water partition coefficient (Wildman–Crippen LogP) is 3.35. The molecule has 0 radical (unpaired) electrons. The van der Waals surface area contributed by atoms with E-state index in [1.165, 1.54) is 0 Å². The molecule has 0 spiro atoms. The molecule has 5 heteroatoms. The number of hydrogen-bond donors (Lipinski definition) is 1. The second-order valence-electron chi connectivity index (χ2n) is 6.49. The highest BCUT2D eigenvalue weighted by Crippen LogP contribution is 2.28. The molecule has 2 aromatic carbocycles. The first-order valence-corrected chi connectivity index (χ1v) is 8.84. The van der Waals surface area contributed by atoms with Crippen LogP contribution in [-0.2, 0) is 6.54 Å². The van der Waals surface area contributed by atoms with Crippen LogP contribution in [0.15, 0.2) is 48.5 Å². The van der Waals surface area contributed by atoms with Crippen LogP contribution in [0.1, 0.15) is 19.4 Å². The van der Waals surface area contributed by atoms with Gasteiger partial charge in [0.15, 0.2) is 11.5 Å². The van der Waals surface area contributed by atoms with Crippen LogP contribution < -0.4 is 14.2 Å². The molecule has 2 aromatic rings. The molecule has 0 amide bonds. The summed E-state index contributed by atoms with van der Waals surface area (Å²) in [7, 11) is 3.26. The highest BCUT2D eigenvalue weighted by Gasteiger charge is 2.17. The van der Waals surface area contributed by atoms with Crippen molar-refractivity contribution in [2.75, 3.05) is 27.4 Å². The lowest BCUT2D eigenvalue weighted by atomic mass is 10.1. The third-order valence-electron chi connectivity index (χ3n) is 4.19. The highest BCUT2D eigenvalue weighted by molar-refractivity contribution is 5.42. The average Bonchev–Trinajstić information content (AvgIpc) is 2.66. The van der Waals surface area contributed by atoms with Gasteiger partial charge in [0.1, 0.15) is 18.5 Å². The van der Waals surface area contributed by atoms with Crippen molar-refractivity contribution in [2.45, 2.75) is 32.5 Å². The standard InChI is InChI=1S/C21H29NO4/c1-16(2)22(13-17-10-11-20(24-3)21(12-17)25-4)14-18(23)15-26-19-8-6-5-7-9-19/h5-12,16,18,23H,13-15H2,1-4H3/t18-/m0/s1. The fourth-order valence-corrected chi connectivity index (χ4v) is 2.70. The van der Waals surface area contributed by atoms with E-state index in [4.69, 9.17) is 14.2 Å². The van der Waals surface area contributed by atoms with Crippen molar-refractivity contribution in [1.82, 2.24) is 4.90 Å². The Morgan fingerprint density at radius 3 is 2.27 bits per heavy atom. The van der Waals surface area contributed by atoms with Gasteiger partial charge in [0.25, 0.3) is 0 Å². The van der Waals surface area contributed by atoms with E-state index < -0.39 is 6.10 Å². The van der Waals surface area contributed by atoms with Crippen LogP contribution in [-0.4, -0.2) is 49.5 Å². The highest BCUT2D eigenvalue weighted by atomic mass is 16.5. The minimum absolute atomic E-state index is 0.263. The normalized spacial score (nSPS) is 12.3. The van der Waals surface area contributed by atoms with Crippen LogP contribution >= 0.6 is 0 Å². The number of aliphatic hydroxyl groups excluding tert-OH is 1. The van der Waals surface area contributed by atoms with Crippen molar-refractivity contribution in [3.63, 3.8) is 0 Å². The van der Waals surface area contributed by atoms with Crippen molar-refractivity contribution in [3.8, 4) is 17.2 Å². The number of para-hydroxylation sites is 1. The molecule has 0 aliphatic heterocycles. The van der Waals surface area contributed by atoms with Gasteiger partial charge in [-0.05, 0) is 43.7 Å². The van der Waals surface area contributed by atoms with Gasteiger partial charge in [-0.25, -0.2) is 0 Å². The van der Waals surface area contributed by atoms with E-state index in [1.54, 1.807) is 14.2 Å². The Morgan fingerprint density at radius 2 is 1.65 bits per heavy atom. The lowest BCUT2D eigenvalue weighted by molar-refractivity contribution is 0.0543. The number of aliphatic hydroxyl groups is 1. The molecule has 0 unspecified atom stereocenters. The Kier molecular flexibility index (Phi) is 7.75. The number of rotatable bonds is 10. The number of methoxy groups -OCH3 is 2. The van der Waals surface area contributed by atoms with Gasteiger partial charge in [0.2, 0.25) is 0 Å². The summed E-state index contributed by atoms with van der Waals surface area (Å²) in [5.74, 6) is 2.19. The molecule has 0 aliphatic rings. The number of benzene rings is 2. The first-order chi connectivity index (χ1) is 12.5. The second-order valence-corrected chi connectivity index (χ2v) is 6.49. The fourth-order valence-electron chi connectivity index (χ4n) is 2.70. The molecule has 1 N–H and O–H groups in total. The molecule has 2 rings (SSSR count). The van der Waals surface area contributed by atoms with E-state index in [0.717, 1.165) is 11.3 Å². The second kappa shape index (κ2) is 10.0. The van der Waals surface area contributed by atoms with Crippen molar-refractivity contribution >= 4 is 0 Å². The maximum Gasteiger partial charge on any atom is 0.161 e. The van der Waals surface area contributed by atoms with Crippen LogP contribution in [0.2, 0.25) is 0 Å². The Morgan fingerprint density at radius 1 is 0.962 bits per heavy atom. The average molecular weight is 359 g/mol. The molecule has 0 aliphatic carbocycles. The maximum absolute atomic E-state index is 10.4. The van der Waals surface area contributed by atoms with Gasteiger partial charge >= 0.3 is 0 Å². The topological polar surface area (TPSA) is 51.2 Å². The summed E-state index contributed by atoms with van der Waals surface area (Å²) in [6, 6.07) is 15.7. The quantitative estimate of drug-likeness (QED) is 0.705. The zero-order valence-corrected chi connectivity index (χ0v) is 16.0. The van der Waals surface area contributed by atoms with Crippen LogP contribution in [0.25, 0.3) is 0 Å². The van der Waals surface area contributed by atoms with Crippen molar-refractivity contribution in [2.24, 2.45) is 0 Å². The Bertz CT molecular complexity index is 660. The van der Waals surface area contributed by atoms with Gasteiger partial charge in [-0.1, -0.05) is 24.3 Å². The van der Waals surface area contributed by atoms with E-state index in [-0.39, 0.29) is 12.6 Å². The first kappa shape index (κ1) is 20.1. The van der Waals surface area contributed by atoms with Crippen LogP contribution in [0, 0.1) is 0 Å². The molecule has 5 nitrogen and oxygen atoms in total. The Hall–Kier alpha value is -2.24. The molecule has 1 atom stereocenters. The molecule has 26 heavy (non-hydrogen) atoms. The molecular weight excluding hydrogens is 330 g/mol. The van der Waals surface area contributed by atoms with Gasteiger partial charge < -0.3 is 19.3 Å². The summed E-state index contributed by atoms with van der Waals surface area (Å²) in [6.45, 7) is 5.73. The molecule has 0 bridgehead atoms. The summed E-state index contributed by atoms with van der Waals surface area (Å²) < 4.78 is 16.3. The lowest BCUT2D eigenvalue weighted by Gasteiger charge is -2.29. The fraction of sp³-hybridized carbons (Fsp3) is 0.429. The summed E-state index contributed by atoms with van der Waals surface area (Å²) in [6.07, 6.45) is -0.572. The van der Waals surface area contributed by atoms with Gasteiger partial charge in [-0.3, -0.25) is 4.90 Å². The summed E-state index contributed by atoms with van der Waals surface area (Å²) in [4.78, 5) is 2.21. The maximum atomic E-state index is 10.4. The molecule has 0 saturated carbocycles. The van der Waals surface area contributed by atoms with E-state index in [9.17, 15) is 5.11 Å². The lowest BCUT2D eigenvalue weighted by Crippen LogP contribution is -2.39. The zero-order valence-electron chi connectivity index (χ0n) is 16.0. The van der Waals surface area contributed by atoms with Crippen molar-refractivity contribution in [1.29, 1.82) is 0 Å².